The lowest BCUT2D eigenvalue weighted by Crippen LogP contribution is -2.64. The molecule has 1 heterocycles. The van der Waals surface area contributed by atoms with Crippen molar-refractivity contribution < 1.29 is 68.0 Å². The topological polar surface area (TPSA) is 425 Å². The van der Waals surface area contributed by atoms with E-state index in [1.54, 1.807) is 76.2 Å². The summed E-state index contributed by atoms with van der Waals surface area (Å²) in [5, 5.41) is 57.7. The van der Waals surface area contributed by atoms with Crippen molar-refractivity contribution in [3.63, 3.8) is 0 Å². The summed E-state index contributed by atoms with van der Waals surface area (Å²) in [7, 11) is 0. The maximum atomic E-state index is 14.9. The number of nitrogens with two attached hydrogens (primary N) is 2. The van der Waals surface area contributed by atoms with Gasteiger partial charge in [0.25, 0.3) is 0 Å². The van der Waals surface area contributed by atoms with Crippen LogP contribution in [0, 0.1) is 11.8 Å². The Balaban J connectivity index is 2.26. The molecule has 1 saturated heterocycles. The van der Waals surface area contributed by atoms with E-state index in [4.69, 9.17) is 16.2 Å². The van der Waals surface area contributed by atoms with Crippen LogP contribution in [0.5, 0.6) is 0 Å². The summed E-state index contributed by atoms with van der Waals surface area (Å²) < 4.78 is 5.48. The molecule has 27 heteroatoms. The highest BCUT2D eigenvalue weighted by Crippen LogP contribution is 2.20. The summed E-state index contributed by atoms with van der Waals surface area (Å²) in [6, 6.07) is 1.61. The summed E-state index contributed by atoms with van der Waals surface area (Å²) in [6.07, 6.45) is -3.31. The van der Waals surface area contributed by atoms with Gasteiger partial charge in [-0.3, -0.25) is 48.1 Å². The number of guanidine groups is 1. The molecule has 12 atom stereocenters. The first-order chi connectivity index (χ1) is 37.9. The van der Waals surface area contributed by atoms with Crippen LogP contribution in [0.1, 0.15) is 104 Å². The molecule has 0 radical (unpaired) electrons. The number of benzene rings is 2. The third kappa shape index (κ3) is 21.4. The maximum Gasteiger partial charge on any atom is 0.408 e. The van der Waals surface area contributed by atoms with E-state index < -0.39 is 151 Å². The number of hydrogen-bond acceptors (Lipinski definition) is 15. The van der Waals surface area contributed by atoms with Gasteiger partial charge in [-0.1, -0.05) is 115 Å². The van der Waals surface area contributed by atoms with Crippen LogP contribution in [0.3, 0.4) is 0 Å². The summed E-state index contributed by atoms with van der Waals surface area (Å²) in [5.41, 5.74) is 11.8. The predicted molar refractivity (Wildman–Crippen MR) is 292 cm³/mol. The third-order valence-electron chi connectivity index (χ3n) is 13.1. The van der Waals surface area contributed by atoms with Crippen molar-refractivity contribution in [1.82, 2.24) is 53.2 Å². The van der Waals surface area contributed by atoms with Gasteiger partial charge >= 0.3 is 6.09 Å². The number of amides is 10. The molecule has 10 amide bonds. The van der Waals surface area contributed by atoms with Gasteiger partial charge in [0.2, 0.25) is 53.2 Å². The van der Waals surface area contributed by atoms with E-state index in [0.29, 0.717) is 24.8 Å². The highest BCUT2D eigenvalue weighted by molar-refractivity contribution is 5.99. The number of carbonyl (C=O) groups excluding carboxylic acids is 10. The van der Waals surface area contributed by atoms with Crippen LogP contribution in [0.4, 0.5) is 4.79 Å². The number of aliphatic hydroxyl groups excluding tert-OH is 3. The Kier molecular flexibility index (Phi) is 27.8. The minimum absolute atomic E-state index is 0.00840. The van der Waals surface area contributed by atoms with Crippen molar-refractivity contribution in [3.05, 3.63) is 71.8 Å². The second-order valence-electron chi connectivity index (χ2n) is 19.9. The van der Waals surface area contributed by atoms with Crippen molar-refractivity contribution in [1.29, 1.82) is 0 Å². The molecule has 3 rings (SSSR count). The Labute approximate surface area is 465 Å². The number of rotatable bonds is 17. The normalized spacial score (nSPS) is 24.9. The van der Waals surface area contributed by atoms with Gasteiger partial charge < -0.3 is 84.7 Å². The fraction of sp³-hybridized carbons (Fsp3) is 0.566. The number of aliphatic imine (C=N–C) groups is 1. The lowest BCUT2D eigenvalue weighted by molar-refractivity contribution is -0.138. The molecule has 0 aromatic heterocycles. The molecule has 2 aromatic rings. The summed E-state index contributed by atoms with van der Waals surface area (Å²) >= 11 is 0. The van der Waals surface area contributed by atoms with E-state index in [-0.39, 0.29) is 43.9 Å². The number of nitrogens with zero attached hydrogens (tertiary/aromatic N) is 1. The van der Waals surface area contributed by atoms with Gasteiger partial charge in [0, 0.05) is 6.54 Å². The van der Waals surface area contributed by atoms with Gasteiger partial charge in [0.05, 0.1) is 31.4 Å². The molecule has 80 heavy (non-hydrogen) atoms. The Bertz CT molecular complexity index is 2430. The van der Waals surface area contributed by atoms with Gasteiger partial charge in [-0.2, -0.15) is 0 Å². The Morgan fingerprint density at radius 2 is 1.20 bits per heavy atom. The van der Waals surface area contributed by atoms with E-state index in [1.165, 1.54) is 26.0 Å². The molecule has 2 aromatic carbocycles. The molecule has 0 saturated carbocycles. The van der Waals surface area contributed by atoms with Crippen LogP contribution in [0.25, 0.3) is 0 Å². The van der Waals surface area contributed by atoms with E-state index in [2.05, 4.69) is 58.2 Å². The second-order valence-corrected chi connectivity index (χ2v) is 19.9. The van der Waals surface area contributed by atoms with E-state index >= 15 is 0 Å². The van der Waals surface area contributed by atoms with Gasteiger partial charge in [-0.25, -0.2) is 4.79 Å². The first kappa shape index (κ1) is 66.4. The average Bonchev–Trinajstić information content (AvgIpc) is 3.43. The zero-order valence-corrected chi connectivity index (χ0v) is 46.3. The zero-order valence-electron chi connectivity index (χ0n) is 46.3. The number of alkyl carbamates (subject to hydrolysis) is 1. The highest BCUT2D eigenvalue weighted by atomic mass is 16.5. The smallest absolute Gasteiger partial charge is 0.408 e. The minimum atomic E-state index is -1.92. The number of unbranched alkanes of at least 4 members (excludes halogenated alkanes) is 1. The lowest BCUT2D eigenvalue weighted by Gasteiger charge is -2.33. The number of ether oxygens (including phenoxy) is 1. The van der Waals surface area contributed by atoms with Crippen LogP contribution in [0.2, 0.25) is 0 Å². The largest absolute Gasteiger partial charge is 0.445 e. The molecule has 17 N–H and O–H groups in total. The Morgan fingerprint density at radius 1 is 0.662 bits per heavy atom. The lowest BCUT2D eigenvalue weighted by atomic mass is 9.95. The second kappa shape index (κ2) is 33.5. The fourth-order valence-corrected chi connectivity index (χ4v) is 8.11. The number of hydrogen-bond donors (Lipinski definition) is 15. The predicted octanol–water partition coefficient (Wildman–Crippen LogP) is -2.64. The van der Waals surface area contributed by atoms with Gasteiger partial charge in [0.1, 0.15) is 54.9 Å². The zero-order chi connectivity index (χ0) is 59.6. The van der Waals surface area contributed by atoms with Gasteiger partial charge in [0.15, 0.2) is 5.96 Å². The quantitative estimate of drug-likeness (QED) is 0.0437. The van der Waals surface area contributed by atoms with Crippen molar-refractivity contribution in [2.75, 3.05) is 19.7 Å². The van der Waals surface area contributed by atoms with Crippen molar-refractivity contribution >= 4 is 65.2 Å². The van der Waals surface area contributed by atoms with Crippen LogP contribution >= 0.6 is 0 Å². The standard InChI is InChI=1S/C53H81N13O14/c1-8-10-22-34-45(72)59-35(23-17-24-56-52(54)55)46(73)62-38(29(5)9-2)49(76)63-39(31(7)68)48(75)57-25-37(69)58-30(6)44(71)61-36(26-67)47(74)64-40(33-20-15-12-16-21-33)41(66-53(79)80-27-32-18-13-11-14-19-32)50(77)65-42(51(78)60-34)43(70)28(3)4/h11-16,18-21,28-31,34-36,38-43,67-68,70H,8-10,17,22-27H2,1-7H3,(H,57,75)(H,58,69)(H,59,72)(H,60,78)(H,61,71)(H,62,73)(H,63,76)(H,64,74)(H,65,77)(H,66,79)(H4,54,55,56)/t29-,30-,31-,34-,35+,36?,38-,39-,40+,41-,42-,43+/m0/s1. The Morgan fingerprint density at radius 3 is 1.77 bits per heavy atom. The molecular weight excluding hydrogens is 1040 g/mol. The van der Waals surface area contributed by atoms with Crippen LogP contribution in [-0.2, 0) is 54.5 Å². The number of aliphatic hydroxyl groups is 3. The third-order valence-corrected chi connectivity index (χ3v) is 13.1. The molecule has 1 aliphatic rings. The SMILES string of the molecule is CCCC[C@@H]1NC(=O)[C@H]([C@H](O)C(C)C)NC(=O)[C@@H](NC(=O)OCc2ccccc2)[C@@H](c2ccccc2)NC(=O)C(CO)NC(=O)[C@H](C)NC(=O)CNC(=O)[C@H]([C@H](C)O)NC(=O)[C@H]([C@@H](C)CC)NC(=O)[C@@H](CCCN=C(N)N)NC1=O. The van der Waals surface area contributed by atoms with Gasteiger partial charge in [-0.05, 0) is 56.1 Å². The first-order valence-corrected chi connectivity index (χ1v) is 26.7. The molecule has 0 bridgehead atoms. The molecular formula is C53H81N13O14. The summed E-state index contributed by atoms with van der Waals surface area (Å²) in [6.45, 7) is 8.57. The van der Waals surface area contributed by atoms with E-state index in [9.17, 15) is 63.3 Å². The van der Waals surface area contributed by atoms with E-state index in [0.717, 1.165) is 0 Å². The van der Waals surface area contributed by atoms with E-state index in [1.807, 2.05) is 6.92 Å². The Hall–Kier alpha value is -7.91. The van der Waals surface area contributed by atoms with Crippen LogP contribution in [-0.4, -0.2) is 161 Å². The molecule has 0 spiro atoms. The molecule has 0 aliphatic carbocycles. The number of nitrogens with one attached hydrogen (secondary N) is 10. The molecule has 27 nitrogen and oxygen atoms in total. The number of carbonyl (C=O) groups is 10. The molecule has 1 fully saturated rings. The molecule has 442 valence electrons. The van der Waals surface area contributed by atoms with Crippen LogP contribution in [0.15, 0.2) is 65.7 Å². The first-order valence-electron chi connectivity index (χ1n) is 26.7. The monoisotopic (exact) mass is 1120 g/mol. The summed E-state index contributed by atoms with van der Waals surface area (Å²) in [4.78, 5) is 144. The minimum Gasteiger partial charge on any atom is -0.445 e. The van der Waals surface area contributed by atoms with Crippen LogP contribution < -0.4 is 64.6 Å². The van der Waals surface area contributed by atoms with Crippen molar-refractivity contribution in [2.45, 2.75) is 160 Å². The van der Waals surface area contributed by atoms with Crippen molar-refractivity contribution in [3.8, 4) is 0 Å². The molecule has 1 unspecified atom stereocenters. The fourth-order valence-electron chi connectivity index (χ4n) is 8.11. The summed E-state index contributed by atoms with van der Waals surface area (Å²) in [5.74, 6) is -10.7. The molecule has 1 aliphatic heterocycles. The van der Waals surface area contributed by atoms with Crippen molar-refractivity contribution in [2.24, 2.45) is 28.3 Å². The maximum absolute atomic E-state index is 14.9. The van der Waals surface area contributed by atoms with Gasteiger partial charge in [-0.15, -0.1) is 0 Å². The highest BCUT2D eigenvalue weighted by Gasteiger charge is 2.41. The average molecular weight is 1120 g/mol.